The van der Waals surface area contributed by atoms with E-state index in [0.717, 1.165) is 5.56 Å². The maximum absolute atomic E-state index is 11.9. The second-order valence-corrected chi connectivity index (χ2v) is 3.83. The van der Waals surface area contributed by atoms with Gasteiger partial charge in [-0.05, 0) is 26.0 Å². The molecule has 88 valence electrons. The number of nitrogens with zero attached hydrogens (tertiary/aromatic N) is 3. The number of aromatic nitrogens is 4. The molecule has 2 aromatic rings. The van der Waals surface area contributed by atoms with Gasteiger partial charge in [-0.2, -0.15) is 5.21 Å². The van der Waals surface area contributed by atoms with Crippen LogP contribution < -0.4 is 5.32 Å². The highest BCUT2D eigenvalue weighted by Crippen LogP contribution is 2.07. The number of nitrogens with one attached hydrogen (secondary N) is 2. The Morgan fingerprint density at radius 2 is 2.06 bits per heavy atom. The number of tetrazole rings is 1. The molecule has 0 spiro atoms. The van der Waals surface area contributed by atoms with Gasteiger partial charge in [0.1, 0.15) is 0 Å². The van der Waals surface area contributed by atoms with Crippen LogP contribution in [0, 0.1) is 6.92 Å². The first-order chi connectivity index (χ1) is 8.16. The first-order valence-corrected chi connectivity index (χ1v) is 5.27. The second-order valence-electron chi connectivity index (χ2n) is 3.83. The molecule has 0 saturated carbocycles. The Kier molecular flexibility index (Phi) is 3.13. The summed E-state index contributed by atoms with van der Waals surface area (Å²) in [7, 11) is 0. The number of carbonyl (C=O) groups is 1. The molecular formula is C11H13N5O. The summed E-state index contributed by atoms with van der Waals surface area (Å²) in [6, 6.07) is 7.09. The van der Waals surface area contributed by atoms with Crippen molar-refractivity contribution in [1.82, 2.24) is 25.9 Å². The number of carbonyl (C=O) groups excluding carboxylic acids is 1. The lowest BCUT2D eigenvalue weighted by Crippen LogP contribution is -2.27. The van der Waals surface area contributed by atoms with Gasteiger partial charge in [-0.15, -0.1) is 10.2 Å². The second kappa shape index (κ2) is 4.73. The molecule has 2 N–H and O–H groups in total. The van der Waals surface area contributed by atoms with E-state index < -0.39 is 0 Å². The Balaban J connectivity index is 2.04. The summed E-state index contributed by atoms with van der Waals surface area (Å²) in [5.74, 6) is 0.313. The van der Waals surface area contributed by atoms with E-state index in [9.17, 15) is 4.79 Å². The molecule has 2 rings (SSSR count). The van der Waals surface area contributed by atoms with Crippen LogP contribution in [0.15, 0.2) is 24.3 Å². The number of benzene rings is 1. The monoisotopic (exact) mass is 231 g/mol. The minimum atomic E-state index is -0.275. The molecule has 0 saturated heterocycles. The van der Waals surface area contributed by atoms with E-state index in [1.54, 1.807) is 19.1 Å². The van der Waals surface area contributed by atoms with E-state index in [4.69, 9.17) is 0 Å². The zero-order chi connectivity index (χ0) is 12.3. The lowest BCUT2D eigenvalue weighted by molar-refractivity contribution is 0.0938. The van der Waals surface area contributed by atoms with Crippen molar-refractivity contribution in [2.75, 3.05) is 0 Å². The number of hydrogen-bond acceptors (Lipinski definition) is 4. The number of amides is 1. The van der Waals surface area contributed by atoms with Gasteiger partial charge >= 0.3 is 0 Å². The molecule has 0 aliphatic carbocycles. The van der Waals surface area contributed by atoms with Crippen molar-refractivity contribution in [3.8, 4) is 0 Å². The first-order valence-electron chi connectivity index (χ1n) is 5.27. The summed E-state index contributed by atoms with van der Waals surface area (Å²) < 4.78 is 0. The number of aryl methyl sites for hydroxylation is 1. The minimum absolute atomic E-state index is 0.151. The molecular weight excluding hydrogens is 218 g/mol. The van der Waals surface area contributed by atoms with E-state index in [0.29, 0.717) is 11.4 Å². The van der Waals surface area contributed by atoms with E-state index in [2.05, 4.69) is 25.9 Å². The van der Waals surface area contributed by atoms with Gasteiger partial charge in [0, 0.05) is 5.56 Å². The van der Waals surface area contributed by atoms with Crippen LogP contribution in [0.2, 0.25) is 0 Å². The molecule has 1 aromatic heterocycles. The molecule has 6 nitrogen and oxygen atoms in total. The van der Waals surface area contributed by atoms with Crippen LogP contribution in [-0.4, -0.2) is 26.5 Å². The van der Waals surface area contributed by atoms with Crippen molar-refractivity contribution in [2.24, 2.45) is 0 Å². The Labute approximate surface area is 98.4 Å². The Morgan fingerprint density at radius 1 is 1.35 bits per heavy atom. The third kappa shape index (κ3) is 2.66. The van der Waals surface area contributed by atoms with E-state index in [1.165, 1.54) is 0 Å². The van der Waals surface area contributed by atoms with E-state index in [-0.39, 0.29) is 11.9 Å². The summed E-state index contributed by atoms with van der Waals surface area (Å²) in [6.45, 7) is 3.78. The van der Waals surface area contributed by atoms with Crippen LogP contribution >= 0.6 is 0 Å². The average molecular weight is 231 g/mol. The molecule has 17 heavy (non-hydrogen) atoms. The fourth-order valence-electron chi connectivity index (χ4n) is 1.40. The number of H-pyrrole nitrogens is 1. The van der Waals surface area contributed by atoms with Gasteiger partial charge in [0.25, 0.3) is 5.91 Å². The molecule has 1 aromatic carbocycles. The topological polar surface area (TPSA) is 83.6 Å². The summed E-state index contributed by atoms with van der Waals surface area (Å²) in [5.41, 5.74) is 1.73. The van der Waals surface area contributed by atoms with E-state index >= 15 is 0 Å². The Bertz CT molecular complexity index is 491. The SMILES string of the molecule is Cc1ccc(C(=O)NC(C)c2nn[nH]n2)cc1. The summed E-state index contributed by atoms with van der Waals surface area (Å²) >= 11 is 0. The fourth-order valence-corrected chi connectivity index (χ4v) is 1.40. The summed E-state index contributed by atoms with van der Waals surface area (Å²) in [4.78, 5) is 11.9. The van der Waals surface area contributed by atoms with Gasteiger partial charge in [0.05, 0.1) is 6.04 Å². The predicted octanol–water partition coefficient (Wildman–Crippen LogP) is 0.999. The van der Waals surface area contributed by atoms with Crippen molar-refractivity contribution in [3.05, 3.63) is 41.2 Å². The largest absolute Gasteiger partial charge is 0.342 e. The zero-order valence-electron chi connectivity index (χ0n) is 9.64. The molecule has 6 heteroatoms. The smallest absolute Gasteiger partial charge is 0.251 e. The number of aromatic amines is 1. The third-order valence-electron chi connectivity index (χ3n) is 2.41. The number of hydrogen-bond donors (Lipinski definition) is 2. The third-order valence-corrected chi connectivity index (χ3v) is 2.41. The van der Waals surface area contributed by atoms with Crippen LogP contribution in [0.4, 0.5) is 0 Å². The normalized spacial score (nSPS) is 12.1. The van der Waals surface area contributed by atoms with Crippen LogP contribution in [0.5, 0.6) is 0 Å². The average Bonchev–Trinajstić information content (AvgIpc) is 2.83. The van der Waals surface area contributed by atoms with Gasteiger partial charge in [-0.3, -0.25) is 4.79 Å². The molecule has 0 fully saturated rings. The lowest BCUT2D eigenvalue weighted by atomic mass is 10.1. The quantitative estimate of drug-likeness (QED) is 0.825. The van der Waals surface area contributed by atoms with Crippen molar-refractivity contribution >= 4 is 5.91 Å². The van der Waals surface area contributed by atoms with Crippen molar-refractivity contribution in [1.29, 1.82) is 0 Å². The van der Waals surface area contributed by atoms with Crippen molar-refractivity contribution < 1.29 is 4.79 Å². The van der Waals surface area contributed by atoms with E-state index in [1.807, 2.05) is 19.1 Å². The van der Waals surface area contributed by atoms with Gasteiger partial charge in [-0.1, -0.05) is 22.9 Å². The molecule has 0 radical (unpaired) electrons. The summed E-state index contributed by atoms with van der Waals surface area (Å²) in [6.07, 6.45) is 0. The molecule has 0 bridgehead atoms. The molecule has 1 unspecified atom stereocenters. The van der Waals surface area contributed by atoms with Crippen molar-refractivity contribution in [2.45, 2.75) is 19.9 Å². The molecule has 1 atom stereocenters. The Morgan fingerprint density at radius 3 is 2.65 bits per heavy atom. The fraction of sp³-hybridized carbons (Fsp3) is 0.273. The van der Waals surface area contributed by atoms with Crippen LogP contribution in [0.25, 0.3) is 0 Å². The standard InChI is InChI=1S/C11H13N5O/c1-7-3-5-9(6-4-7)11(17)12-8(2)10-13-15-16-14-10/h3-6,8H,1-2H3,(H,12,17)(H,13,14,15,16). The highest BCUT2D eigenvalue weighted by atomic mass is 16.1. The predicted molar refractivity (Wildman–Crippen MR) is 61.2 cm³/mol. The first kappa shape index (κ1) is 11.3. The number of rotatable bonds is 3. The molecule has 1 heterocycles. The molecule has 0 aliphatic heterocycles. The van der Waals surface area contributed by atoms with Gasteiger partial charge in [0.15, 0.2) is 5.82 Å². The highest BCUT2D eigenvalue weighted by Gasteiger charge is 2.14. The Hall–Kier alpha value is -2.24. The van der Waals surface area contributed by atoms with Gasteiger partial charge in [-0.25, -0.2) is 0 Å². The van der Waals surface area contributed by atoms with Gasteiger partial charge < -0.3 is 5.32 Å². The minimum Gasteiger partial charge on any atom is -0.342 e. The summed E-state index contributed by atoms with van der Waals surface area (Å²) in [5, 5.41) is 16.2. The molecule has 0 aliphatic rings. The highest BCUT2D eigenvalue weighted by molar-refractivity contribution is 5.94. The van der Waals surface area contributed by atoms with Gasteiger partial charge in [0.2, 0.25) is 0 Å². The maximum atomic E-state index is 11.9. The van der Waals surface area contributed by atoms with Crippen LogP contribution in [0.1, 0.15) is 34.7 Å². The zero-order valence-corrected chi connectivity index (χ0v) is 9.64. The van der Waals surface area contributed by atoms with Crippen LogP contribution in [-0.2, 0) is 0 Å². The van der Waals surface area contributed by atoms with Crippen molar-refractivity contribution in [3.63, 3.8) is 0 Å². The maximum Gasteiger partial charge on any atom is 0.251 e. The van der Waals surface area contributed by atoms with Crippen LogP contribution in [0.3, 0.4) is 0 Å². The lowest BCUT2D eigenvalue weighted by Gasteiger charge is -2.09. The molecule has 1 amide bonds.